The summed E-state index contributed by atoms with van der Waals surface area (Å²) in [5.74, 6) is -0.669. The molecule has 2 aromatic rings. The van der Waals surface area contributed by atoms with E-state index in [1.807, 2.05) is 49.4 Å². The van der Waals surface area contributed by atoms with E-state index >= 15 is 0 Å². The minimum absolute atomic E-state index is 0.0617. The number of hydrogen-bond acceptors (Lipinski definition) is 6. The molecule has 1 aliphatic heterocycles. The van der Waals surface area contributed by atoms with Crippen molar-refractivity contribution >= 4 is 17.3 Å². The second-order valence-electron chi connectivity index (χ2n) is 7.38. The second kappa shape index (κ2) is 10.2. The summed E-state index contributed by atoms with van der Waals surface area (Å²) in [4.78, 5) is 25.8. The molecule has 0 N–H and O–H groups in total. The predicted octanol–water partition coefficient (Wildman–Crippen LogP) is 4.30. The minimum atomic E-state index is -0.354. The molecule has 1 unspecified atom stereocenters. The zero-order valence-electron chi connectivity index (χ0n) is 17.5. The van der Waals surface area contributed by atoms with Gasteiger partial charge in [-0.2, -0.15) is 0 Å². The standard InChI is InChI=1S/C23H28N2O5/c1-3-24(19-11-13-30-14-12-19)21-10-9-18(15-22(21)25(27)28)20(16-23(26)29-2)17-7-5-4-6-8-17/h4-10,15,19-20H,3,11-14,16H2,1-2H3. The van der Waals surface area contributed by atoms with Gasteiger partial charge in [-0.05, 0) is 37.0 Å². The predicted molar refractivity (Wildman–Crippen MR) is 115 cm³/mol. The SMILES string of the molecule is CCN(c1ccc(C(CC(=O)OC)c2ccccc2)cc1[N+](=O)[O-])C1CCOCC1. The maximum absolute atomic E-state index is 12.0. The number of hydrogen-bond donors (Lipinski definition) is 0. The smallest absolute Gasteiger partial charge is 0.306 e. The normalized spacial score (nSPS) is 15.4. The van der Waals surface area contributed by atoms with Crippen LogP contribution in [0.3, 0.4) is 0 Å². The molecule has 1 fully saturated rings. The second-order valence-corrected chi connectivity index (χ2v) is 7.38. The summed E-state index contributed by atoms with van der Waals surface area (Å²) in [6, 6.07) is 15.1. The van der Waals surface area contributed by atoms with E-state index in [2.05, 4.69) is 4.90 Å². The van der Waals surface area contributed by atoms with Crippen LogP contribution in [0.25, 0.3) is 0 Å². The third-order valence-corrected chi connectivity index (χ3v) is 5.68. The zero-order valence-corrected chi connectivity index (χ0v) is 17.5. The molecule has 7 nitrogen and oxygen atoms in total. The Labute approximate surface area is 176 Å². The molecule has 0 spiro atoms. The van der Waals surface area contributed by atoms with Crippen molar-refractivity contribution in [1.29, 1.82) is 0 Å². The Bertz CT molecular complexity index is 865. The van der Waals surface area contributed by atoms with Crippen LogP contribution < -0.4 is 4.90 Å². The van der Waals surface area contributed by atoms with E-state index in [0.29, 0.717) is 25.4 Å². The maximum atomic E-state index is 12.0. The number of methoxy groups -OCH3 is 1. The molecule has 1 atom stereocenters. The van der Waals surface area contributed by atoms with Crippen LogP contribution in [-0.4, -0.2) is 43.8 Å². The number of carbonyl (C=O) groups is 1. The lowest BCUT2D eigenvalue weighted by atomic mass is 9.88. The van der Waals surface area contributed by atoms with Gasteiger partial charge in [0.15, 0.2) is 0 Å². The van der Waals surface area contributed by atoms with Crippen molar-refractivity contribution in [2.75, 3.05) is 31.8 Å². The van der Waals surface area contributed by atoms with Gasteiger partial charge >= 0.3 is 5.97 Å². The van der Waals surface area contributed by atoms with Gasteiger partial charge < -0.3 is 14.4 Å². The fourth-order valence-electron chi connectivity index (χ4n) is 4.13. The molecule has 0 radical (unpaired) electrons. The van der Waals surface area contributed by atoms with E-state index in [0.717, 1.165) is 24.0 Å². The van der Waals surface area contributed by atoms with Crippen molar-refractivity contribution in [2.24, 2.45) is 0 Å². The molecule has 7 heteroatoms. The number of anilines is 1. The van der Waals surface area contributed by atoms with Crippen LogP contribution in [0.2, 0.25) is 0 Å². The van der Waals surface area contributed by atoms with Gasteiger partial charge in [0.25, 0.3) is 5.69 Å². The van der Waals surface area contributed by atoms with Crippen molar-refractivity contribution in [3.05, 3.63) is 69.8 Å². The van der Waals surface area contributed by atoms with Crippen LogP contribution in [0.15, 0.2) is 48.5 Å². The summed E-state index contributed by atoms with van der Waals surface area (Å²) >= 11 is 0. The maximum Gasteiger partial charge on any atom is 0.306 e. The molecular formula is C23H28N2O5. The molecule has 0 aromatic heterocycles. The van der Waals surface area contributed by atoms with Gasteiger partial charge in [0.1, 0.15) is 5.69 Å². The summed E-state index contributed by atoms with van der Waals surface area (Å²) in [7, 11) is 1.35. The first-order valence-corrected chi connectivity index (χ1v) is 10.3. The highest BCUT2D eigenvalue weighted by molar-refractivity contribution is 5.72. The zero-order chi connectivity index (χ0) is 21.5. The lowest BCUT2D eigenvalue weighted by Gasteiger charge is -2.35. The third kappa shape index (κ3) is 4.97. The summed E-state index contributed by atoms with van der Waals surface area (Å²) in [5, 5.41) is 12.0. The number of nitrogens with zero attached hydrogens (tertiary/aromatic N) is 2. The molecule has 1 saturated heterocycles. The lowest BCUT2D eigenvalue weighted by Crippen LogP contribution is -2.39. The van der Waals surface area contributed by atoms with E-state index in [9.17, 15) is 14.9 Å². The van der Waals surface area contributed by atoms with E-state index in [-0.39, 0.29) is 35.0 Å². The Hall–Kier alpha value is -2.93. The van der Waals surface area contributed by atoms with Gasteiger partial charge in [0, 0.05) is 37.8 Å². The number of carbonyl (C=O) groups excluding carboxylic acids is 1. The highest BCUT2D eigenvalue weighted by atomic mass is 16.6. The van der Waals surface area contributed by atoms with Gasteiger partial charge in [-0.25, -0.2) is 0 Å². The molecule has 0 amide bonds. The third-order valence-electron chi connectivity index (χ3n) is 5.68. The number of esters is 1. The Kier molecular flexibility index (Phi) is 7.41. The van der Waals surface area contributed by atoms with Gasteiger partial charge in [-0.3, -0.25) is 14.9 Å². The molecule has 1 aliphatic rings. The lowest BCUT2D eigenvalue weighted by molar-refractivity contribution is -0.384. The van der Waals surface area contributed by atoms with E-state index < -0.39 is 0 Å². The Morgan fingerprint density at radius 3 is 2.50 bits per heavy atom. The van der Waals surface area contributed by atoms with Crippen LogP contribution in [0.1, 0.15) is 43.2 Å². The average molecular weight is 412 g/mol. The van der Waals surface area contributed by atoms with Gasteiger partial charge in [0.2, 0.25) is 0 Å². The number of nitro groups is 1. The number of rotatable bonds is 8. The van der Waals surface area contributed by atoms with Crippen LogP contribution in [0, 0.1) is 10.1 Å². The first-order valence-electron chi connectivity index (χ1n) is 10.3. The summed E-state index contributed by atoms with van der Waals surface area (Å²) in [6.45, 7) is 4.02. The fourth-order valence-corrected chi connectivity index (χ4v) is 4.13. The topological polar surface area (TPSA) is 81.9 Å². The van der Waals surface area contributed by atoms with Crippen LogP contribution in [0.5, 0.6) is 0 Å². The van der Waals surface area contributed by atoms with Crippen LogP contribution >= 0.6 is 0 Å². The summed E-state index contributed by atoms with van der Waals surface area (Å²) in [5.41, 5.74) is 2.32. The quantitative estimate of drug-likeness (QED) is 0.365. The first-order chi connectivity index (χ1) is 14.5. The Morgan fingerprint density at radius 2 is 1.90 bits per heavy atom. The monoisotopic (exact) mass is 412 g/mol. The van der Waals surface area contributed by atoms with Crippen molar-refractivity contribution in [3.8, 4) is 0 Å². The van der Waals surface area contributed by atoms with Gasteiger partial charge in [0.05, 0.1) is 18.5 Å². The Balaban J connectivity index is 2.01. The van der Waals surface area contributed by atoms with E-state index in [4.69, 9.17) is 9.47 Å². The van der Waals surface area contributed by atoms with Gasteiger partial charge in [-0.15, -0.1) is 0 Å². The van der Waals surface area contributed by atoms with E-state index in [1.165, 1.54) is 7.11 Å². The molecule has 1 heterocycles. The molecule has 30 heavy (non-hydrogen) atoms. The van der Waals surface area contributed by atoms with Crippen LogP contribution in [-0.2, 0) is 14.3 Å². The highest BCUT2D eigenvalue weighted by Gasteiger charge is 2.28. The van der Waals surface area contributed by atoms with Crippen molar-refractivity contribution < 1.29 is 19.2 Å². The van der Waals surface area contributed by atoms with Gasteiger partial charge in [-0.1, -0.05) is 36.4 Å². The molecule has 0 saturated carbocycles. The first kappa shape index (κ1) is 21.8. The van der Waals surface area contributed by atoms with Crippen molar-refractivity contribution in [3.63, 3.8) is 0 Å². The molecule has 0 bridgehead atoms. The van der Waals surface area contributed by atoms with Crippen molar-refractivity contribution in [2.45, 2.75) is 38.1 Å². The Morgan fingerprint density at radius 1 is 1.20 bits per heavy atom. The minimum Gasteiger partial charge on any atom is -0.469 e. The number of nitro benzene ring substituents is 1. The molecule has 2 aromatic carbocycles. The average Bonchev–Trinajstić information content (AvgIpc) is 2.79. The number of ether oxygens (including phenoxy) is 2. The summed E-state index contributed by atoms with van der Waals surface area (Å²) < 4.78 is 10.3. The molecule has 3 rings (SSSR count). The fraction of sp³-hybridized carbons (Fsp3) is 0.435. The van der Waals surface area contributed by atoms with E-state index in [1.54, 1.807) is 6.07 Å². The van der Waals surface area contributed by atoms with Crippen LogP contribution in [0.4, 0.5) is 11.4 Å². The van der Waals surface area contributed by atoms with Crippen molar-refractivity contribution in [1.82, 2.24) is 0 Å². The largest absolute Gasteiger partial charge is 0.469 e. The summed E-state index contributed by atoms with van der Waals surface area (Å²) in [6.07, 6.45) is 1.82. The molecular weight excluding hydrogens is 384 g/mol. The molecule has 160 valence electrons. The number of benzene rings is 2. The highest BCUT2D eigenvalue weighted by Crippen LogP contribution is 2.37. The molecule has 0 aliphatic carbocycles.